The van der Waals surface area contributed by atoms with E-state index >= 15 is 0 Å². The Hall–Kier alpha value is -1.14. The van der Waals surface area contributed by atoms with Gasteiger partial charge < -0.3 is 15.7 Å². The second-order valence-electron chi connectivity index (χ2n) is 7.88. The Kier molecular flexibility index (Phi) is 3.47. The molecule has 2 atom stereocenters. The van der Waals surface area contributed by atoms with E-state index in [9.17, 15) is 9.90 Å². The minimum absolute atomic E-state index is 0.0188. The third-order valence-electron chi connectivity index (χ3n) is 5.74. The molecule has 4 saturated carbocycles. The van der Waals surface area contributed by atoms with Gasteiger partial charge in [-0.2, -0.15) is 0 Å². The first-order chi connectivity index (χ1) is 10.9. The predicted molar refractivity (Wildman–Crippen MR) is 90.8 cm³/mol. The van der Waals surface area contributed by atoms with Gasteiger partial charge in [-0.15, -0.1) is 0 Å². The van der Waals surface area contributed by atoms with Crippen LogP contribution in [0.4, 0.5) is 5.13 Å². The van der Waals surface area contributed by atoms with E-state index in [1.54, 1.807) is 0 Å². The highest BCUT2D eigenvalue weighted by atomic mass is 32.1. The van der Waals surface area contributed by atoms with E-state index in [0.29, 0.717) is 16.7 Å². The quantitative estimate of drug-likeness (QED) is 0.791. The van der Waals surface area contributed by atoms with Gasteiger partial charge in [0.15, 0.2) is 5.13 Å². The Labute approximate surface area is 140 Å². The van der Waals surface area contributed by atoms with Gasteiger partial charge >= 0.3 is 0 Å². The number of aromatic nitrogens is 1. The molecule has 4 aliphatic carbocycles. The Morgan fingerprint density at radius 1 is 1.35 bits per heavy atom. The van der Waals surface area contributed by atoms with Crippen LogP contribution in [0.15, 0.2) is 0 Å². The van der Waals surface area contributed by atoms with Crippen molar-refractivity contribution in [1.29, 1.82) is 0 Å². The minimum atomic E-state index is -0.547. The highest BCUT2D eigenvalue weighted by molar-refractivity contribution is 7.17. The SMILES string of the molecule is CCNc1nc(C)c(C(=O)NC23CC4CC(CC(O)(C4)C2)C3)s1. The van der Waals surface area contributed by atoms with E-state index in [4.69, 9.17) is 0 Å². The van der Waals surface area contributed by atoms with E-state index in [0.717, 1.165) is 49.5 Å². The summed E-state index contributed by atoms with van der Waals surface area (Å²) in [6.45, 7) is 4.71. The number of carbonyl (C=O) groups is 1. The molecule has 6 heteroatoms. The maximum Gasteiger partial charge on any atom is 0.263 e. The Bertz CT molecular complexity index is 628. The molecule has 4 fully saturated rings. The highest BCUT2D eigenvalue weighted by Crippen LogP contribution is 2.57. The smallest absolute Gasteiger partial charge is 0.263 e. The zero-order valence-corrected chi connectivity index (χ0v) is 14.6. The maximum atomic E-state index is 12.8. The summed E-state index contributed by atoms with van der Waals surface area (Å²) in [4.78, 5) is 17.9. The third kappa shape index (κ3) is 2.66. The zero-order valence-electron chi connectivity index (χ0n) is 13.8. The zero-order chi connectivity index (χ0) is 16.2. The molecule has 0 spiro atoms. The van der Waals surface area contributed by atoms with Crippen molar-refractivity contribution in [1.82, 2.24) is 10.3 Å². The summed E-state index contributed by atoms with van der Waals surface area (Å²) in [6, 6.07) is 0. The molecule has 5 rings (SSSR count). The molecule has 4 aliphatic rings. The second kappa shape index (κ2) is 5.18. The van der Waals surface area contributed by atoms with Crippen molar-refractivity contribution >= 4 is 22.4 Å². The van der Waals surface area contributed by atoms with Crippen molar-refractivity contribution < 1.29 is 9.90 Å². The molecule has 3 N–H and O–H groups in total. The fourth-order valence-corrected chi connectivity index (χ4v) is 6.42. The number of amides is 1. The molecule has 1 heterocycles. The average molecular weight is 335 g/mol. The normalized spacial score (nSPS) is 37.9. The predicted octanol–water partition coefficient (Wildman–Crippen LogP) is 2.70. The van der Waals surface area contributed by atoms with E-state index in [1.807, 2.05) is 13.8 Å². The van der Waals surface area contributed by atoms with Crippen molar-refractivity contribution in [2.24, 2.45) is 11.8 Å². The van der Waals surface area contributed by atoms with Crippen LogP contribution in [-0.2, 0) is 0 Å². The molecule has 1 aromatic rings. The lowest BCUT2D eigenvalue weighted by Gasteiger charge is -2.60. The van der Waals surface area contributed by atoms with E-state index in [1.165, 1.54) is 17.8 Å². The summed E-state index contributed by atoms with van der Waals surface area (Å²) in [5.41, 5.74) is 0.0339. The van der Waals surface area contributed by atoms with Crippen LogP contribution in [-0.4, -0.2) is 33.7 Å². The van der Waals surface area contributed by atoms with Crippen molar-refractivity contribution in [3.8, 4) is 0 Å². The van der Waals surface area contributed by atoms with Crippen LogP contribution < -0.4 is 10.6 Å². The van der Waals surface area contributed by atoms with E-state index in [2.05, 4.69) is 15.6 Å². The number of anilines is 1. The van der Waals surface area contributed by atoms with Gasteiger partial charge in [0, 0.05) is 12.1 Å². The fraction of sp³-hybridized carbons (Fsp3) is 0.765. The largest absolute Gasteiger partial charge is 0.390 e. The number of thiazole rings is 1. The number of carbonyl (C=O) groups excluding carboxylic acids is 1. The van der Waals surface area contributed by atoms with Crippen LogP contribution in [0.25, 0.3) is 0 Å². The van der Waals surface area contributed by atoms with Gasteiger partial charge in [-0.3, -0.25) is 4.79 Å². The lowest BCUT2D eigenvalue weighted by molar-refractivity contribution is -0.139. The molecule has 23 heavy (non-hydrogen) atoms. The number of hydrogen-bond acceptors (Lipinski definition) is 5. The van der Waals surface area contributed by atoms with Crippen molar-refractivity contribution in [2.75, 3.05) is 11.9 Å². The first kappa shape index (κ1) is 15.4. The van der Waals surface area contributed by atoms with E-state index in [-0.39, 0.29) is 11.4 Å². The average Bonchev–Trinajstić information content (AvgIpc) is 2.76. The van der Waals surface area contributed by atoms with Crippen molar-refractivity contribution in [3.05, 3.63) is 10.6 Å². The molecule has 4 bridgehead atoms. The summed E-state index contributed by atoms with van der Waals surface area (Å²) in [5.74, 6) is 1.12. The van der Waals surface area contributed by atoms with E-state index < -0.39 is 5.60 Å². The molecule has 0 radical (unpaired) electrons. The number of rotatable bonds is 4. The highest BCUT2D eigenvalue weighted by Gasteiger charge is 2.57. The maximum absolute atomic E-state index is 12.8. The van der Waals surface area contributed by atoms with Crippen LogP contribution in [0.3, 0.4) is 0 Å². The van der Waals surface area contributed by atoms with Crippen LogP contribution in [0.2, 0.25) is 0 Å². The standard InChI is InChI=1S/C17H25N3O2S/c1-3-18-15-19-10(2)13(23-15)14(21)20-16-5-11-4-12(6-16)8-17(22,7-11)9-16/h11-12,22H,3-9H2,1-2H3,(H,18,19)(H,20,21). The number of aryl methyl sites for hydroxylation is 1. The van der Waals surface area contributed by atoms with Gasteiger partial charge in [0.25, 0.3) is 5.91 Å². The molecule has 1 aromatic heterocycles. The number of nitrogens with zero attached hydrogens (tertiary/aromatic N) is 1. The van der Waals surface area contributed by atoms with Crippen LogP contribution >= 0.6 is 11.3 Å². The van der Waals surface area contributed by atoms with Gasteiger partial charge in [0.1, 0.15) is 4.88 Å². The summed E-state index contributed by atoms with van der Waals surface area (Å²) < 4.78 is 0. The topological polar surface area (TPSA) is 74.2 Å². The first-order valence-electron chi connectivity index (χ1n) is 8.66. The summed E-state index contributed by atoms with van der Waals surface area (Å²) in [7, 11) is 0. The third-order valence-corrected chi connectivity index (χ3v) is 6.85. The molecular weight excluding hydrogens is 310 g/mol. The molecule has 2 unspecified atom stereocenters. The summed E-state index contributed by atoms with van der Waals surface area (Å²) in [5, 5.41) is 18.1. The van der Waals surface area contributed by atoms with Gasteiger partial charge in [0.2, 0.25) is 0 Å². The molecule has 0 aromatic carbocycles. The monoisotopic (exact) mass is 335 g/mol. The molecule has 0 saturated heterocycles. The second-order valence-corrected chi connectivity index (χ2v) is 8.88. The summed E-state index contributed by atoms with van der Waals surface area (Å²) in [6.07, 6.45) is 5.84. The first-order valence-corrected chi connectivity index (χ1v) is 9.48. The van der Waals surface area contributed by atoms with Gasteiger partial charge in [0.05, 0.1) is 11.3 Å². The molecule has 5 nitrogen and oxygen atoms in total. The molecular formula is C17H25N3O2S. The number of aliphatic hydroxyl groups is 1. The Morgan fingerprint density at radius 2 is 2.04 bits per heavy atom. The van der Waals surface area contributed by atoms with Crippen molar-refractivity contribution in [2.45, 2.75) is 63.5 Å². The molecule has 0 aliphatic heterocycles. The number of hydrogen-bond donors (Lipinski definition) is 3. The van der Waals surface area contributed by atoms with Gasteiger partial charge in [-0.05, 0) is 64.2 Å². The van der Waals surface area contributed by atoms with Crippen LogP contribution in [0, 0.1) is 18.8 Å². The fourth-order valence-electron chi connectivity index (χ4n) is 5.49. The Balaban J connectivity index is 1.55. The minimum Gasteiger partial charge on any atom is -0.390 e. The lowest BCUT2D eigenvalue weighted by Crippen LogP contribution is -2.65. The number of nitrogens with one attached hydrogen (secondary N) is 2. The Morgan fingerprint density at radius 3 is 2.65 bits per heavy atom. The van der Waals surface area contributed by atoms with Crippen LogP contribution in [0.1, 0.15) is 60.8 Å². The van der Waals surface area contributed by atoms with Crippen LogP contribution in [0.5, 0.6) is 0 Å². The van der Waals surface area contributed by atoms with Gasteiger partial charge in [-0.25, -0.2) is 4.98 Å². The summed E-state index contributed by atoms with van der Waals surface area (Å²) >= 11 is 1.42. The van der Waals surface area contributed by atoms with Crippen molar-refractivity contribution in [3.63, 3.8) is 0 Å². The van der Waals surface area contributed by atoms with Gasteiger partial charge in [-0.1, -0.05) is 11.3 Å². The molecule has 126 valence electrons. The lowest BCUT2D eigenvalue weighted by atomic mass is 9.51. The molecule has 1 amide bonds.